The molecule has 3 rings (SSSR count). The van der Waals surface area contributed by atoms with Gasteiger partial charge in [0.05, 0.1) is 23.4 Å². The number of nitriles is 1. The molecule has 1 aliphatic heterocycles. The zero-order valence-corrected chi connectivity index (χ0v) is 21.4. The number of anilines is 1. The molecule has 11 heteroatoms. The van der Waals surface area contributed by atoms with Crippen molar-refractivity contribution in [2.24, 2.45) is 5.14 Å². The summed E-state index contributed by atoms with van der Waals surface area (Å²) in [7, 11) is -3.81. The highest BCUT2D eigenvalue weighted by Crippen LogP contribution is 2.41. The Hall–Kier alpha value is -2.94. The van der Waals surface area contributed by atoms with E-state index in [4.69, 9.17) is 9.88 Å². The third kappa shape index (κ3) is 5.75. The summed E-state index contributed by atoms with van der Waals surface area (Å²) in [6, 6.07) is 7.89. The van der Waals surface area contributed by atoms with Gasteiger partial charge in [0.15, 0.2) is 0 Å². The summed E-state index contributed by atoms with van der Waals surface area (Å²) in [5.41, 5.74) is 0.472. The van der Waals surface area contributed by atoms with Crippen LogP contribution in [0.15, 0.2) is 29.2 Å². The highest BCUT2D eigenvalue weighted by Gasteiger charge is 2.41. The van der Waals surface area contributed by atoms with Crippen LogP contribution in [0.2, 0.25) is 0 Å². The number of carbonyl (C=O) groups is 2. The van der Waals surface area contributed by atoms with Crippen molar-refractivity contribution < 1.29 is 22.7 Å². The first-order valence-electron chi connectivity index (χ1n) is 10.6. The molecule has 1 aromatic carbocycles. The van der Waals surface area contributed by atoms with Crippen LogP contribution >= 0.6 is 11.3 Å². The largest absolute Gasteiger partial charge is 0.444 e. The van der Waals surface area contributed by atoms with Gasteiger partial charge in [-0.15, -0.1) is 11.3 Å². The topological polar surface area (TPSA) is 143 Å². The number of carbonyl (C=O) groups excluding carboxylic acids is 2. The van der Waals surface area contributed by atoms with Crippen LogP contribution < -0.4 is 10.5 Å². The molecule has 2 heterocycles. The lowest BCUT2D eigenvalue weighted by molar-refractivity contribution is -0.115. The number of rotatable bonds is 4. The van der Waals surface area contributed by atoms with Crippen LogP contribution in [0.3, 0.4) is 0 Å². The standard InChI is InChI=1S/C23H28N4O5S2/c1-22(2,3)32-21(29)27-13-17-16(12-24)20(33-18(17)11-23(27,4)5)26-19(28)10-14-6-8-15(9-7-14)34(25,30)31/h6-9H,10-11,13H2,1-5H3,(H,26,28)(H2,25,30,31). The second-order valence-electron chi connectivity index (χ2n) is 9.79. The normalized spacial score (nSPS) is 15.3. The summed E-state index contributed by atoms with van der Waals surface area (Å²) in [5.74, 6) is -0.346. The second kappa shape index (κ2) is 9.02. The number of benzene rings is 1. The van der Waals surface area contributed by atoms with Gasteiger partial charge in [0.25, 0.3) is 0 Å². The minimum atomic E-state index is -3.81. The Morgan fingerprint density at radius 3 is 2.41 bits per heavy atom. The molecule has 2 amide bonds. The summed E-state index contributed by atoms with van der Waals surface area (Å²) < 4.78 is 28.3. The molecule has 0 fully saturated rings. The first kappa shape index (κ1) is 25.7. The van der Waals surface area contributed by atoms with E-state index in [1.165, 1.54) is 35.6 Å². The number of hydrogen-bond donors (Lipinski definition) is 2. The predicted octanol–water partition coefficient (Wildman–Crippen LogP) is 3.52. The van der Waals surface area contributed by atoms with Gasteiger partial charge < -0.3 is 10.1 Å². The lowest BCUT2D eigenvalue weighted by Gasteiger charge is -2.42. The fourth-order valence-corrected chi connectivity index (χ4v) is 5.58. The molecule has 0 unspecified atom stereocenters. The number of amides is 2. The minimum Gasteiger partial charge on any atom is -0.444 e. The van der Waals surface area contributed by atoms with E-state index in [0.29, 0.717) is 28.1 Å². The summed E-state index contributed by atoms with van der Waals surface area (Å²) in [6.45, 7) is 9.49. The minimum absolute atomic E-state index is 0.00609. The van der Waals surface area contributed by atoms with Gasteiger partial charge in [-0.25, -0.2) is 18.4 Å². The number of nitrogens with two attached hydrogens (primary N) is 1. The lowest BCUT2D eigenvalue weighted by atomic mass is 9.90. The maximum atomic E-state index is 12.8. The van der Waals surface area contributed by atoms with Crippen LogP contribution in [-0.4, -0.2) is 36.5 Å². The van der Waals surface area contributed by atoms with Crippen molar-refractivity contribution in [3.05, 3.63) is 45.8 Å². The molecule has 1 aromatic heterocycles. The SMILES string of the molecule is CC(C)(C)OC(=O)N1Cc2c(sc(NC(=O)Cc3ccc(S(N)(=O)=O)cc3)c2C#N)CC1(C)C. The molecule has 0 bridgehead atoms. The monoisotopic (exact) mass is 504 g/mol. The molecule has 0 aliphatic carbocycles. The van der Waals surface area contributed by atoms with E-state index in [-0.39, 0.29) is 23.8 Å². The highest BCUT2D eigenvalue weighted by molar-refractivity contribution is 7.89. The zero-order chi connectivity index (χ0) is 25.5. The second-order valence-corrected chi connectivity index (χ2v) is 12.5. The quantitative estimate of drug-likeness (QED) is 0.652. The van der Waals surface area contributed by atoms with Gasteiger partial charge in [-0.2, -0.15) is 5.26 Å². The number of primary sulfonamides is 1. The van der Waals surface area contributed by atoms with Gasteiger partial charge >= 0.3 is 6.09 Å². The van der Waals surface area contributed by atoms with Crippen LogP contribution in [0.25, 0.3) is 0 Å². The molecule has 9 nitrogen and oxygen atoms in total. The summed E-state index contributed by atoms with van der Waals surface area (Å²) in [5, 5.41) is 18.1. The Labute approximate surface area is 203 Å². The number of hydrogen-bond acceptors (Lipinski definition) is 7. The molecule has 2 aromatic rings. The molecule has 1 aliphatic rings. The van der Waals surface area contributed by atoms with Crippen LogP contribution in [0.5, 0.6) is 0 Å². The first-order valence-corrected chi connectivity index (χ1v) is 12.9. The molecule has 0 saturated heterocycles. The molecule has 0 radical (unpaired) electrons. The van der Waals surface area contributed by atoms with Gasteiger partial charge in [-0.3, -0.25) is 9.69 Å². The number of thiophene rings is 1. The summed E-state index contributed by atoms with van der Waals surface area (Å²) in [4.78, 5) is 28.0. The van der Waals surface area contributed by atoms with Crippen molar-refractivity contribution >= 4 is 38.4 Å². The predicted molar refractivity (Wildman–Crippen MR) is 129 cm³/mol. The van der Waals surface area contributed by atoms with E-state index in [0.717, 1.165) is 4.88 Å². The smallest absolute Gasteiger partial charge is 0.411 e. The van der Waals surface area contributed by atoms with Crippen molar-refractivity contribution in [2.75, 3.05) is 5.32 Å². The van der Waals surface area contributed by atoms with Crippen molar-refractivity contribution in [1.29, 1.82) is 5.26 Å². The molecule has 34 heavy (non-hydrogen) atoms. The average Bonchev–Trinajstić information content (AvgIpc) is 2.99. The summed E-state index contributed by atoms with van der Waals surface area (Å²) in [6.07, 6.45) is 0.0615. The van der Waals surface area contributed by atoms with Crippen molar-refractivity contribution in [3.8, 4) is 6.07 Å². The van der Waals surface area contributed by atoms with Gasteiger partial charge in [-0.05, 0) is 52.3 Å². The van der Waals surface area contributed by atoms with Crippen molar-refractivity contribution in [1.82, 2.24) is 4.90 Å². The van der Waals surface area contributed by atoms with Gasteiger partial charge in [0.2, 0.25) is 15.9 Å². The number of sulfonamides is 1. The number of nitrogens with one attached hydrogen (secondary N) is 1. The van der Waals surface area contributed by atoms with Gasteiger partial charge in [-0.1, -0.05) is 12.1 Å². The Morgan fingerprint density at radius 2 is 1.88 bits per heavy atom. The first-order chi connectivity index (χ1) is 15.6. The molecule has 3 N–H and O–H groups in total. The maximum absolute atomic E-state index is 12.8. The molecular weight excluding hydrogens is 476 g/mol. The lowest BCUT2D eigenvalue weighted by Crippen LogP contribution is -2.52. The van der Waals surface area contributed by atoms with E-state index in [1.807, 2.05) is 13.8 Å². The van der Waals surface area contributed by atoms with Crippen LogP contribution in [0.1, 0.15) is 56.2 Å². The number of fused-ring (bicyclic) bond motifs is 1. The fourth-order valence-electron chi connectivity index (χ4n) is 3.67. The maximum Gasteiger partial charge on any atom is 0.411 e. The third-order valence-corrected chi connectivity index (χ3v) is 7.40. The third-order valence-electron chi connectivity index (χ3n) is 5.33. The van der Waals surface area contributed by atoms with Crippen molar-refractivity contribution in [3.63, 3.8) is 0 Å². The Balaban J connectivity index is 1.80. The van der Waals surface area contributed by atoms with E-state index in [2.05, 4.69) is 11.4 Å². The molecule has 0 atom stereocenters. The average molecular weight is 505 g/mol. The molecule has 182 valence electrons. The van der Waals surface area contributed by atoms with Gasteiger partial charge in [0.1, 0.15) is 16.7 Å². The Kier molecular flexibility index (Phi) is 6.81. The van der Waals surface area contributed by atoms with Gasteiger partial charge in [0, 0.05) is 22.4 Å². The number of ether oxygens (including phenoxy) is 1. The van der Waals surface area contributed by atoms with Crippen LogP contribution in [0.4, 0.5) is 9.80 Å². The molecule has 0 spiro atoms. The van der Waals surface area contributed by atoms with E-state index in [1.54, 1.807) is 25.7 Å². The van der Waals surface area contributed by atoms with E-state index in [9.17, 15) is 23.3 Å². The van der Waals surface area contributed by atoms with Crippen molar-refractivity contribution in [2.45, 2.75) is 70.0 Å². The fraction of sp³-hybridized carbons (Fsp3) is 0.435. The Morgan fingerprint density at radius 1 is 1.26 bits per heavy atom. The van der Waals surface area contributed by atoms with Crippen LogP contribution in [0, 0.1) is 11.3 Å². The highest BCUT2D eigenvalue weighted by atomic mass is 32.2. The zero-order valence-electron chi connectivity index (χ0n) is 19.8. The Bertz CT molecular complexity index is 1270. The van der Waals surface area contributed by atoms with E-state index >= 15 is 0 Å². The van der Waals surface area contributed by atoms with E-state index < -0.39 is 27.3 Å². The number of nitrogens with zero attached hydrogens (tertiary/aromatic N) is 2. The van der Waals surface area contributed by atoms with Crippen LogP contribution in [-0.2, 0) is 38.9 Å². The molecular formula is C23H28N4O5S2. The molecule has 0 saturated carbocycles. The summed E-state index contributed by atoms with van der Waals surface area (Å²) >= 11 is 1.33.